The van der Waals surface area contributed by atoms with Crippen molar-refractivity contribution in [3.05, 3.63) is 59.5 Å². The van der Waals surface area contributed by atoms with Crippen LogP contribution in [-0.4, -0.2) is 23.3 Å². The van der Waals surface area contributed by atoms with E-state index in [1.54, 1.807) is 0 Å². The van der Waals surface area contributed by atoms with Crippen LogP contribution in [0.3, 0.4) is 0 Å². The van der Waals surface area contributed by atoms with Crippen LogP contribution in [0.15, 0.2) is 47.0 Å². The molecule has 2 heterocycles. The van der Waals surface area contributed by atoms with Crippen LogP contribution in [-0.2, 0) is 6.54 Å². The molecule has 0 bridgehead atoms. The molecule has 0 aliphatic rings. The molecule has 0 fully saturated rings. The molecule has 3 rings (SSSR count). The zero-order valence-corrected chi connectivity index (χ0v) is 13.4. The molecule has 23 heavy (non-hydrogen) atoms. The predicted octanol–water partition coefficient (Wildman–Crippen LogP) is 3.46. The molecule has 0 saturated heterocycles. The monoisotopic (exact) mass is 311 g/mol. The molecule has 2 N–H and O–H groups in total. The first-order valence-corrected chi connectivity index (χ1v) is 7.71. The van der Waals surface area contributed by atoms with E-state index in [1.807, 2.05) is 49.5 Å². The Balaban J connectivity index is 1.46. The zero-order chi connectivity index (χ0) is 16.1. The van der Waals surface area contributed by atoms with Crippen molar-refractivity contribution in [3.63, 3.8) is 0 Å². The average Bonchev–Trinajstić information content (AvgIpc) is 3.17. The van der Waals surface area contributed by atoms with Crippen LogP contribution in [0.25, 0.3) is 11.5 Å². The number of nitrogens with zero attached hydrogens (tertiary/aromatic N) is 1. The minimum Gasteiger partial charge on any atom is -0.492 e. The van der Waals surface area contributed by atoms with Gasteiger partial charge in [-0.25, -0.2) is 0 Å². The van der Waals surface area contributed by atoms with Gasteiger partial charge in [-0.1, -0.05) is 17.7 Å². The zero-order valence-electron chi connectivity index (χ0n) is 13.4. The summed E-state index contributed by atoms with van der Waals surface area (Å²) in [6.45, 7) is 6.09. The van der Waals surface area contributed by atoms with E-state index >= 15 is 0 Å². The largest absolute Gasteiger partial charge is 0.492 e. The third-order valence-electron chi connectivity index (χ3n) is 3.59. The van der Waals surface area contributed by atoms with Gasteiger partial charge in [0, 0.05) is 18.7 Å². The lowest BCUT2D eigenvalue weighted by Crippen LogP contribution is -2.20. The summed E-state index contributed by atoms with van der Waals surface area (Å²) in [4.78, 5) is 0. The van der Waals surface area contributed by atoms with E-state index in [2.05, 4.69) is 22.4 Å². The van der Waals surface area contributed by atoms with Crippen molar-refractivity contribution in [2.45, 2.75) is 20.4 Å². The fourth-order valence-electron chi connectivity index (χ4n) is 2.33. The molecule has 0 atom stereocenters. The molecule has 0 radical (unpaired) electrons. The van der Waals surface area contributed by atoms with Crippen LogP contribution in [0.5, 0.6) is 5.75 Å². The van der Waals surface area contributed by atoms with Crippen LogP contribution in [0.4, 0.5) is 0 Å². The number of H-pyrrole nitrogens is 1. The molecule has 0 aliphatic heterocycles. The molecule has 0 unspecified atom stereocenters. The number of hydrogen-bond donors (Lipinski definition) is 2. The van der Waals surface area contributed by atoms with Crippen LogP contribution in [0, 0.1) is 13.8 Å². The molecular formula is C18H21N3O2. The van der Waals surface area contributed by atoms with Crippen molar-refractivity contribution < 1.29 is 9.15 Å². The van der Waals surface area contributed by atoms with Crippen molar-refractivity contribution in [1.29, 1.82) is 0 Å². The summed E-state index contributed by atoms with van der Waals surface area (Å²) >= 11 is 0. The quantitative estimate of drug-likeness (QED) is 0.656. The first-order chi connectivity index (χ1) is 11.2. The molecule has 0 aliphatic carbocycles. The summed E-state index contributed by atoms with van der Waals surface area (Å²) in [5.74, 6) is 2.60. The van der Waals surface area contributed by atoms with Gasteiger partial charge in [0.25, 0.3) is 0 Å². The predicted molar refractivity (Wildman–Crippen MR) is 89.4 cm³/mol. The van der Waals surface area contributed by atoms with Crippen molar-refractivity contribution in [3.8, 4) is 17.2 Å². The summed E-state index contributed by atoms with van der Waals surface area (Å²) in [7, 11) is 0. The van der Waals surface area contributed by atoms with E-state index in [4.69, 9.17) is 9.15 Å². The molecule has 2 aromatic heterocycles. The number of nitrogens with one attached hydrogen (secondary N) is 2. The third-order valence-corrected chi connectivity index (χ3v) is 3.59. The number of hydrogen-bond acceptors (Lipinski definition) is 4. The van der Waals surface area contributed by atoms with E-state index in [0.29, 0.717) is 13.2 Å². The minimum atomic E-state index is 0.621. The normalized spacial score (nSPS) is 10.9. The first-order valence-electron chi connectivity index (χ1n) is 7.71. The maximum Gasteiger partial charge on any atom is 0.152 e. The standard InChI is InChI=1S/C18H21N3O2/c1-13-3-6-16(7-4-13)22-10-9-19-11-15-12-20-21-18(15)17-8-5-14(2)23-17/h3-8,12,19H,9-11H2,1-2H3,(H,20,21). The average molecular weight is 311 g/mol. The van der Waals surface area contributed by atoms with Gasteiger partial charge in [0.05, 0.1) is 6.20 Å². The highest BCUT2D eigenvalue weighted by atomic mass is 16.5. The molecule has 0 saturated carbocycles. The molecule has 120 valence electrons. The van der Waals surface area contributed by atoms with Gasteiger partial charge >= 0.3 is 0 Å². The summed E-state index contributed by atoms with van der Waals surface area (Å²) in [5, 5.41) is 10.5. The smallest absolute Gasteiger partial charge is 0.152 e. The van der Waals surface area contributed by atoms with Crippen molar-refractivity contribution >= 4 is 0 Å². The topological polar surface area (TPSA) is 63.1 Å². The van der Waals surface area contributed by atoms with Crippen LogP contribution in [0.2, 0.25) is 0 Å². The van der Waals surface area contributed by atoms with Gasteiger partial charge in [0.1, 0.15) is 23.8 Å². The van der Waals surface area contributed by atoms with Gasteiger partial charge in [-0.05, 0) is 38.1 Å². The highest BCUT2D eigenvalue weighted by Gasteiger charge is 2.10. The Bertz CT molecular complexity index is 744. The number of furan rings is 1. The number of ether oxygens (including phenoxy) is 1. The number of aromatic amines is 1. The third kappa shape index (κ3) is 4.02. The lowest BCUT2D eigenvalue weighted by molar-refractivity contribution is 0.313. The van der Waals surface area contributed by atoms with Gasteiger partial charge in [0.15, 0.2) is 5.76 Å². The van der Waals surface area contributed by atoms with Crippen molar-refractivity contribution in [2.24, 2.45) is 0 Å². The number of benzene rings is 1. The fraction of sp³-hybridized carbons (Fsp3) is 0.278. The van der Waals surface area contributed by atoms with Crippen molar-refractivity contribution in [2.75, 3.05) is 13.2 Å². The number of rotatable bonds is 7. The van der Waals surface area contributed by atoms with E-state index in [9.17, 15) is 0 Å². The molecule has 0 amide bonds. The Morgan fingerprint density at radius 2 is 1.96 bits per heavy atom. The maximum absolute atomic E-state index is 5.69. The molecule has 0 spiro atoms. The van der Waals surface area contributed by atoms with Gasteiger partial charge in [0.2, 0.25) is 0 Å². The molecule has 1 aromatic carbocycles. The second-order valence-electron chi connectivity index (χ2n) is 5.52. The maximum atomic E-state index is 5.69. The molecule has 5 heteroatoms. The lowest BCUT2D eigenvalue weighted by atomic mass is 10.2. The van der Waals surface area contributed by atoms with Crippen LogP contribution in [0.1, 0.15) is 16.9 Å². The fourth-order valence-corrected chi connectivity index (χ4v) is 2.33. The first kappa shape index (κ1) is 15.4. The Labute approximate surface area is 135 Å². The highest BCUT2D eigenvalue weighted by Crippen LogP contribution is 2.23. The summed E-state index contributed by atoms with van der Waals surface area (Å²) in [6, 6.07) is 12.0. The molecule has 5 nitrogen and oxygen atoms in total. The van der Waals surface area contributed by atoms with Gasteiger partial charge < -0.3 is 14.5 Å². The molecule has 3 aromatic rings. The van der Waals surface area contributed by atoms with E-state index in [0.717, 1.165) is 35.1 Å². The molecular weight excluding hydrogens is 290 g/mol. The second kappa shape index (κ2) is 7.15. The van der Waals surface area contributed by atoms with Crippen LogP contribution < -0.4 is 10.1 Å². The Kier molecular flexibility index (Phi) is 4.78. The van der Waals surface area contributed by atoms with Gasteiger partial charge in [-0.2, -0.15) is 5.10 Å². The number of aryl methyl sites for hydroxylation is 2. The van der Waals surface area contributed by atoms with Crippen LogP contribution >= 0.6 is 0 Å². The Morgan fingerprint density at radius 1 is 1.13 bits per heavy atom. The Morgan fingerprint density at radius 3 is 2.70 bits per heavy atom. The Hall–Kier alpha value is -2.53. The summed E-state index contributed by atoms with van der Waals surface area (Å²) in [5.41, 5.74) is 3.23. The second-order valence-corrected chi connectivity index (χ2v) is 5.52. The van der Waals surface area contributed by atoms with Gasteiger partial charge in [-0.15, -0.1) is 0 Å². The van der Waals surface area contributed by atoms with Gasteiger partial charge in [-0.3, -0.25) is 5.10 Å². The van der Waals surface area contributed by atoms with Crippen molar-refractivity contribution in [1.82, 2.24) is 15.5 Å². The van der Waals surface area contributed by atoms with E-state index in [1.165, 1.54) is 5.56 Å². The minimum absolute atomic E-state index is 0.621. The summed E-state index contributed by atoms with van der Waals surface area (Å²) < 4.78 is 11.3. The van der Waals surface area contributed by atoms with E-state index in [-0.39, 0.29) is 0 Å². The number of aromatic nitrogens is 2. The van der Waals surface area contributed by atoms with E-state index < -0.39 is 0 Å². The highest BCUT2D eigenvalue weighted by molar-refractivity contribution is 5.56. The summed E-state index contributed by atoms with van der Waals surface area (Å²) in [6.07, 6.45) is 1.82. The SMILES string of the molecule is Cc1ccc(OCCNCc2cn[nH]c2-c2ccc(C)o2)cc1. The lowest BCUT2D eigenvalue weighted by Gasteiger charge is -2.07.